The quantitative estimate of drug-likeness (QED) is 0.177. The van der Waals surface area contributed by atoms with Gasteiger partial charge in [0.25, 0.3) is 0 Å². The van der Waals surface area contributed by atoms with Crippen LogP contribution in [0, 0.1) is 0 Å². The number of anilines is 4. The summed E-state index contributed by atoms with van der Waals surface area (Å²) in [5.41, 5.74) is 15.0. The summed E-state index contributed by atoms with van der Waals surface area (Å²) >= 11 is 0. The fourth-order valence-corrected chi connectivity index (χ4v) is 8.85. The third-order valence-corrected chi connectivity index (χ3v) is 11.2. The number of para-hydroxylation sites is 1. The molecule has 2 heterocycles. The number of hydrogen-bond acceptors (Lipinski definition) is 3. The molecule has 0 spiro atoms. The Labute approximate surface area is 300 Å². The van der Waals surface area contributed by atoms with E-state index in [0.29, 0.717) is 6.04 Å². The Morgan fingerprint density at radius 2 is 1.47 bits per heavy atom. The minimum Gasteiger partial charge on any atom is -0.460 e. The number of allylic oxidation sites excluding steroid dienone is 6. The summed E-state index contributed by atoms with van der Waals surface area (Å²) in [7, 11) is 0. The summed E-state index contributed by atoms with van der Waals surface area (Å²) in [4.78, 5) is 5.15. The Kier molecular flexibility index (Phi) is 7.37. The monoisotopic (exact) mass is 660 g/mol. The molecule has 6 aromatic rings. The zero-order chi connectivity index (χ0) is 33.7. The minimum absolute atomic E-state index is 0.255. The van der Waals surface area contributed by atoms with Crippen molar-refractivity contribution in [2.45, 2.75) is 50.5 Å². The van der Waals surface area contributed by atoms with Crippen LogP contribution in [-0.4, -0.2) is 6.04 Å². The SMILES string of the molecule is C1=CC(c2ccc(N(C3=CC4c5ccc(-c6ccccc6)cc5N(c5ccccc5)C4CC3)c3cccc4oc5c(c34)C=CCC5)cc2)=CCC1. The van der Waals surface area contributed by atoms with E-state index in [0.717, 1.165) is 49.9 Å². The van der Waals surface area contributed by atoms with E-state index in [1.807, 2.05) is 0 Å². The molecule has 2 unspecified atom stereocenters. The van der Waals surface area contributed by atoms with E-state index in [9.17, 15) is 0 Å². The van der Waals surface area contributed by atoms with Gasteiger partial charge >= 0.3 is 0 Å². The average Bonchev–Trinajstić information content (AvgIpc) is 3.75. The van der Waals surface area contributed by atoms with Crippen molar-refractivity contribution in [3.05, 3.63) is 180 Å². The molecule has 51 heavy (non-hydrogen) atoms. The maximum absolute atomic E-state index is 6.51. The van der Waals surface area contributed by atoms with Crippen molar-refractivity contribution in [1.29, 1.82) is 0 Å². The van der Waals surface area contributed by atoms with Crippen molar-refractivity contribution in [3.63, 3.8) is 0 Å². The number of benzene rings is 5. The Hall–Kier alpha value is -5.80. The summed E-state index contributed by atoms with van der Waals surface area (Å²) in [6.07, 6.45) is 20.3. The molecular weight excluding hydrogens is 621 g/mol. The smallest absolute Gasteiger partial charge is 0.137 e. The number of furan rings is 1. The number of hydrogen-bond donors (Lipinski definition) is 0. The van der Waals surface area contributed by atoms with Gasteiger partial charge in [-0.25, -0.2) is 0 Å². The van der Waals surface area contributed by atoms with Gasteiger partial charge < -0.3 is 14.2 Å². The zero-order valence-electron chi connectivity index (χ0n) is 28.7. The second-order valence-electron chi connectivity index (χ2n) is 14.2. The van der Waals surface area contributed by atoms with Gasteiger partial charge in [-0.15, -0.1) is 0 Å². The van der Waals surface area contributed by atoms with Crippen molar-refractivity contribution < 1.29 is 4.42 Å². The molecule has 1 aliphatic heterocycles. The number of fused-ring (bicyclic) bond motifs is 6. The van der Waals surface area contributed by atoms with Gasteiger partial charge in [0, 0.05) is 46.7 Å². The molecule has 4 aliphatic rings. The van der Waals surface area contributed by atoms with Crippen LogP contribution < -0.4 is 9.80 Å². The van der Waals surface area contributed by atoms with Crippen LogP contribution in [0.25, 0.3) is 33.7 Å². The summed E-state index contributed by atoms with van der Waals surface area (Å²) in [6, 6.07) is 45.0. The van der Waals surface area contributed by atoms with E-state index in [-0.39, 0.29) is 5.92 Å². The highest BCUT2D eigenvalue weighted by Crippen LogP contribution is 2.53. The third kappa shape index (κ3) is 5.19. The zero-order valence-corrected chi connectivity index (χ0v) is 28.7. The maximum atomic E-state index is 6.51. The molecule has 248 valence electrons. The van der Waals surface area contributed by atoms with Crippen molar-refractivity contribution >= 4 is 45.4 Å². The predicted octanol–water partition coefficient (Wildman–Crippen LogP) is 12.9. The van der Waals surface area contributed by atoms with Crippen molar-refractivity contribution in [3.8, 4) is 11.1 Å². The normalized spacial score (nSPS) is 18.9. The van der Waals surface area contributed by atoms with Crippen LogP contribution in [0.2, 0.25) is 0 Å². The Morgan fingerprint density at radius 3 is 2.29 bits per heavy atom. The van der Waals surface area contributed by atoms with Crippen LogP contribution in [0.1, 0.15) is 60.5 Å². The molecule has 0 amide bonds. The Bertz CT molecular complexity index is 2380. The van der Waals surface area contributed by atoms with Crippen molar-refractivity contribution in [1.82, 2.24) is 0 Å². The van der Waals surface area contributed by atoms with Crippen LogP contribution in [0.15, 0.2) is 162 Å². The van der Waals surface area contributed by atoms with E-state index in [1.54, 1.807) is 0 Å². The molecule has 1 aromatic heterocycles. The van der Waals surface area contributed by atoms with Gasteiger partial charge in [-0.3, -0.25) is 0 Å². The van der Waals surface area contributed by atoms with Crippen molar-refractivity contribution in [2.75, 3.05) is 9.80 Å². The first-order valence-electron chi connectivity index (χ1n) is 18.5. The molecule has 2 atom stereocenters. The molecule has 0 saturated heterocycles. The summed E-state index contributed by atoms with van der Waals surface area (Å²) in [6.45, 7) is 0. The fourth-order valence-electron chi connectivity index (χ4n) is 8.85. The lowest BCUT2D eigenvalue weighted by molar-refractivity contribution is 0.546. The second-order valence-corrected chi connectivity index (χ2v) is 14.2. The lowest BCUT2D eigenvalue weighted by atomic mass is 9.85. The molecule has 10 rings (SSSR count). The van der Waals surface area contributed by atoms with Gasteiger partial charge in [-0.1, -0.05) is 115 Å². The molecule has 0 fully saturated rings. The molecule has 0 N–H and O–H groups in total. The largest absolute Gasteiger partial charge is 0.460 e. The van der Waals surface area contributed by atoms with Gasteiger partial charge in [0.2, 0.25) is 0 Å². The first kappa shape index (κ1) is 30.1. The first-order chi connectivity index (χ1) is 25.3. The standard InChI is InChI=1S/C48H40N2O/c1-4-13-33(14-5-1)35-23-26-38(27-24-35)49(44-20-12-22-47-48(44)41-19-10-11-21-46(41)51-47)39-28-30-43-42(32-39)40-29-25-36(34-15-6-2-7-16-34)31-45(40)50(43)37-17-8-3-9-18-37/h2-4,6-10,12-20,22-27,29,31-32,42-43H,1,5,11,21,28,30H2. The van der Waals surface area contributed by atoms with Gasteiger partial charge in [0.15, 0.2) is 0 Å². The van der Waals surface area contributed by atoms with E-state index in [1.165, 1.54) is 67.2 Å². The van der Waals surface area contributed by atoms with Crippen LogP contribution in [-0.2, 0) is 6.42 Å². The summed E-state index contributed by atoms with van der Waals surface area (Å²) in [5, 5.41) is 1.21. The topological polar surface area (TPSA) is 19.6 Å². The molecule has 3 heteroatoms. The fraction of sp³-hybridized carbons (Fsp3) is 0.167. The maximum Gasteiger partial charge on any atom is 0.137 e. The van der Waals surface area contributed by atoms with Gasteiger partial charge in [0.1, 0.15) is 11.3 Å². The van der Waals surface area contributed by atoms with E-state index in [2.05, 4.69) is 168 Å². The Balaban J connectivity index is 1.13. The van der Waals surface area contributed by atoms with Crippen LogP contribution in [0.3, 0.4) is 0 Å². The van der Waals surface area contributed by atoms with Gasteiger partial charge in [-0.2, -0.15) is 0 Å². The highest BCUT2D eigenvalue weighted by atomic mass is 16.3. The van der Waals surface area contributed by atoms with Crippen LogP contribution >= 0.6 is 0 Å². The molecule has 0 radical (unpaired) electrons. The van der Waals surface area contributed by atoms with Crippen molar-refractivity contribution in [2.24, 2.45) is 0 Å². The van der Waals surface area contributed by atoms with Crippen LogP contribution in [0.5, 0.6) is 0 Å². The molecule has 0 saturated carbocycles. The number of rotatable bonds is 6. The lowest BCUT2D eigenvalue weighted by Crippen LogP contribution is -2.33. The molecule has 5 aromatic carbocycles. The summed E-state index contributed by atoms with van der Waals surface area (Å²) < 4.78 is 6.51. The minimum atomic E-state index is 0.255. The Morgan fingerprint density at radius 1 is 0.667 bits per heavy atom. The van der Waals surface area contributed by atoms with E-state index < -0.39 is 0 Å². The molecular formula is C48H40N2O. The predicted molar refractivity (Wildman–Crippen MR) is 213 cm³/mol. The van der Waals surface area contributed by atoms with E-state index in [4.69, 9.17) is 4.42 Å². The second kappa shape index (κ2) is 12.5. The third-order valence-electron chi connectivity index (χ3n) is 11.2. The highest BCUT2D eigenvalue weighted by molar-refractivity contribution is 6.01. The average molecular weight is 661 g/mol. The van der Waals surface area contributed by atoms with E-state index >= 15 is 0 Å². The van der Waals surface area contributed by atoms with Gasteiger partial charge in [-0.05, 0) is 102 Å². The summed E-state index contributed by atoms with van der Waals surface area (Å²) in [5.74, 6) is 1.35. The molecule has 3 nitrogen and oxygen atoms in total. The highest BCUT2D eigenvalue weighted by Gasteiger charge is 2.41. The lowest BCUT2D eigenvalue weighted by Gasteiger charge is -2.37. The number of aryl methyl sites for hydroxylation is 1. The molecule has 0 bridgehead atoms. The number of nitrogens with zero attached hydrogens (tertiary/aromatic N) is 2. The molecule has 3 aliphatic carbocycles. The van der Waals surface area contributed by atoms with Gasteiger partial charge in [0.05, 0.1) is 11.1 Å². The van der Waals surface area contributed by atoms with Crippen LogP contribution in [0.4, 0.5) is 22.7 Å². The first-order valence-corrected chi connectivity index (χ1v) is 18.5.